The minimum atomic E-state index is -0.602. The van der Waals surface area contributed by atoms with Gasteiger partial charge in [0, 0.05) is 6.61 Å². The Kier molecular flexibility index (Phi) is 11.1. The number of aryl methyl sites for hydroxylation is 1. The molecule has 168 valence electrons. The van der Waals surface area contributed by atoms with Gasteiger partial charge in [0.1, 0.15) is 11.6 Å². The molecular weight excluding hydrogens is 384 g/mol. The van der Waals surface area contributed by atoms with Crippen molar-refractivity contribution >= 4 is 6.09 Å². The first-order valence-electron chi connectivity index (χ1n) is 10.3. The van der Waals surface area contributed by atoms with Crippen LogP contribution in [0.5, 0.6) is 0 Å². The molecule has 1 amide bonds. The molecule has 2 atom stereocenters. The third-order valence-electron chi connectivity index (χ3n) is 3.88. The Morgan fingerprint density at radius 1 is 1.23 bits per heavy atom. The van der Waals surface area contributed by atoms with E-state index in [1.165, 1.54) is 5.56 Å². The van der Waals surface area contributed by atoms with Crippen molar-refractivity contribution in [2.24, 2.45) is 5.73 Å². The number of carbonyl (C=O) groups is 1. The Morgan fingerprint density at radius 3 is 2.37 bits per heavy atom. The zero-order valence-corrected chi connectivity index (χ0v) is 19.0. The van der Waals surface area contributed by atoms with E-state index in [1.54, 1.807) is 20.8 Å². The van der Waals surface area contributed by atoms with Gasteiger partial charge in [-0.25, -0.2) is 4.79 Å². The number of nitrogens with two attached hydrogens (primary N) is 1. The van der Waals surface area contributed by atoms with Gasteiger partial charge in [0.15, 0.2) is 0 Å². The lowest BCUT2D eigenvalue weighted by molar-refractivity contribution is 0.0152. The van der Waals surface area contributed by atoms with E-state index in [2.05, 4.69) is 41.5 Å². The van der Waals surface area contributed by atoms with Gasteiger partial charge in [0.25, 0.3) is 0 Å². The zero-order chi connectivity index (χ0) is 22.6. The van der Waals surface area contributed by atoms with E-state index >= 15 is 0 Å². The van der Waals surface area contributed by atoms with Crippen LogP contribution in [0.2, 0.25) is 0 Å². The molecule has 1 aromatic heterocycles. The van der Waals surface area contributed by atoms with Gasteiger partial charge >= 0.3 is 6.09 Å². The quantitative estimate of drug-likeness (QED) is 0.612. The van der Waals surface area contributed by atoms with Crippen LogP contribution >= 0.6 is 0 Å². The fourth-order valence-electron chi connectivity index (χ4n) is 2.33. The third-order valence-corrected chi connectivity index (χ3v) is 3.88. The average Bonchev–Trinajstić information content (AvgIpc) is 3.15. The summed E-state index contributed by atoms with van der Waals surface area (Å²) in [7, 11) is 0. The van der Waals surface area contributed by atoms with Crippen LogP contribution in [0.15, 0.2) is 34.7 Å². The number of rotatable bonds is 8. The van der Waals surface area contributed by atoms with Crippen molar-refractivity contribution in [3.05, 3.63) is 47.7 Å². The van der Waals surface area contributed by atoms with E-state index in [4.69, 9.17) is 19.6 Å². The lowest BCUT2D eigenvalue weighted by atomic mass is 10.1. The van der Waals surface area contributed by atoms with Gasteiger partial charge in [-0.15, -0.1) is 10.2 Å². The molecule has 1 heterocycles. The lowest BCUT2D eigenvalue weighted by Gasteiger charge is -2.25. The molecule has 0 spiro atoms. The van der Waals surface area contributed by atoms with Crippen LogP contribution in [0, 0.1) is 6.92 Å². The van der Waals surface area contributed by atoms with Crippen molar-refractivity contribution in [3.63, 3.8) is 0 Å². The number of alkyl carbamates (subject to hydrolysis) is 1. The summed E-state index contributed by atoms with van der Waals surface area (Å²) in [6.45, 7) is 12.1. The minimum Gasteiger partial charge on any atom is -0.444 e. The van der Waals surface area contributed by atoms with E-state index < -0.39 is 17.7 Å². The molecule has 2 unspecified atom stereocenters. The first-order valence-corrected chi connectivity index (χ1v) is 10.3. The van der Waals surface area contributed by atoms with Crippen LogP contribution in [0.3, 0.4) is 0 Å². The molecule has 30 heavy (non-hydrogen) atoms. The molecule has 0 aliphatic carbocycles. The molecule has 1 aromatic carbocycles. The maximum absolute atomic E-state index is 12.0. The van der Waals surface area contributed by atoms with Crippen LogP contribution in [-0.2, 0) is 16.0 Å². The van der Waals surface area contributed by atoms with Gasteiger partial charge in [-0.05, 0) is 41.0 Å². The number of aromatic nitrogens is 2. The number of hydrogen-bond donors (Lipinski definition) is 2. The maximum atomic E-state index is 12.0. The number of amides is 1. The topological polar surface area (TPSA) is 112 Å². The normalized spacial score (nSPS) is 13.0. The minimum absolute atomic E-state index is 0.136. The summed E-state index contributed by atoms with van der Waals surface area (Å²) < 4.78 is 16.5. The van der Waals surface area contributed by atoms with E-state index in [-0.39, 0.29) is 18.5 Å². The van der Waals surface area contributed by atoms with Crippen LogP contribution in [0.4, 0.5) is 4.79 Å². The van der Waals surface area contributed by atoms with Crippen molar-refractivity contribution in [1.82, 2.24) is 15.5 Å². The van der Waals surface area contributed by atoms with E-state index in [9.17, 15) is 4.79 Å². The van der Waals surface area contributed by atoms with Crippen molar-refractivity contribution in [1.29, 1.82) is 0 Å². The van der Waals surface area contributed by atoms with Crippen LogP contribution in [-0.4, -0.2) is 34.6 Å². The first-order chi connectivity index (χ1) is 14.2. The van der Waals surface area contributed by atoms with Gasteiger partial charge in [-0.1, -0.05) is 49.2 Å². The number of ether oxygens (including phenoxy) is 2. The summed E-state index contributed by atoms with van der Waals surface area (Å²) in [5.41, 5.74) is 6.21. The summed E-state index contributed by atoms with van der Waals surface area (Å²) in [5.74, 6) is 0.553. The predicted molar refractivity (Wildman–Crippen MR) is 116 cm³/mol. The van der Waals surface area contributed by atoms with E-state index in [1.807, 2.05) is 25.1 Å². The first kappa shape index (κ1) is 25.6. The largest absolute Gasteiger partial charge is 0.444 e. The number of nitrogens with one attached hydrogen (secondary N) is 1. The smallest absolute Gasteiger partial charge is 0.408 e. The Morgan fingerprint density at radius 2 is 1.90 bits per heavy atom. The molecule has 8 heteroatoms. The number of carbonyl (C=O) groups excluding carboxylic acids is 1. The third kappa shape index (κ3) is 10.4. The molecule has 8 nitrogen and oxygen atoms in total. The molecular formula is C22H36N4O4. The lowest BCUT2D eigenvalue weighted by Crippen LogP contribution is -2.40. The highest BCUT2D eigenvalue weighted by atomic mass is 16.6. The van der Waals surface area contributed by atoms with Gasteiger partial charge in [-0.2, -0.15) is 0 Å². The summed E-state index contributed by atoms with van der Waals surface area (Å²) in [4.78, 5) is 12.0. The highest BCUT2D eigenvalue weighted by Crippen LogP contribution is 2.20. The van der Waals surface area contributed by atoms with Crippen molar-refractivity contribution in [3.8, 4) is 0 Å². The number of unbranched alkanes of at least 4 members (excludes halogenated alkanes) is 1. The fraction of sp³-hybridized carbons (Fsp3) is 0.591. The Hall–Kier alpha value is -2.45. The maximum Gasteiger partial charge on any atom is 0.408 e. The SMILES string of the molecule is CCCCOC(C)C(NC(=O)OC(C)(C)C)c1nnc(CN)o1.Cc1ccccc1. The summed E-state index contributed by atoms with van der Waals surface area (Å²) in [6.07, 6.45) is 1.04. The van der Waals surface area contributed by atoms with Crippen molar-refractivity contribution in [2.45, 2.75) is 78.7 Å². The van der Waals surface area contributed by atoms with E-state index in [0.29, 0.717) is 12.5 Å². The van der Waals surface area contributed by atoms with Crippen molar-refractivity contribution < 1.29 is 18.7 Å². The van der Waals surface area contributed by atoms with E-state index in [0.717, 1.165) is 12.8 Å². The molecule has 0 bridgehead atoms. The highest BCUT2D eigenvalue weighted by molar-refractivity contribution is 5.68. The summed E-state index contributed by atoms with van der Waals surface area (Å²) in [6, 6.07) is 9.66. The second-order valence-corrected chi connectivity index (χ2v) is 7.95. The van der Waals surface area contributed by atoms with Crippen LogP contribution in [0.1, 0.15) is 70.8 Å². The van der Waals surface area contributed by atoms with Gasteiger partial charge in [0.2, 0.25) is 11.8 Å². The molecule has 0 fully saturated rings. The monoisotopic (exact) mass is 420 g/mol. The second kappa shape index (κ2) is 13.0. The molecule has 0 saturated carbocycles. The Bertz CT molecular complexity index is 728. The van der Waals surface area contributed by atoms with Gasteiger partial charge in [0.05, 0.1) is 12.6 Å². The van der Waals surface area contributed by atoms with Crippen molar-refractivity contribution in [2.75, 3.05) is 6.61 Å². The Balaban J connectivity index is 0.000000539. The number of nitrogens with zero attached hydrogens (tertiary/aromatic N) is 2. The fourth-order valence-corrected chi connectivity index (χ4v) is 2.33. The predicted octanol–water partition coefficient (Wildman–Crippen LogP) is 4.29. The zero-order valence-electron chi connectivity index (χ0n) is 19.0. The second-order valence-electron chi connectivity index (χ2n) is 7.95. The molecule has 3 N–H and O–H groups in total. The number of hydrogen-bond acceptors (Lipinski definition) is 7. The van der Waals surface area contributed by atoms with Gasteiger partial charge in [-0.3, -0.25) is 0 Å². The molecule has 0 aliphatic heterocycles. The molecule has 2 aromatic rings. The number of benzene rings is 1. The summed E-state index contributed by atoms with van der Waals surface area (Å²) in [5, 5.41) is 10.5. The Labute approximate surface area is 179 Å². The molecule has 2 rings (SSSR count). The molecule has 0 aliphatic rings. The van der Waals surface area contributed by atoms with Crippen LogP contribution < -0.4 is 11.1 Å². The highest BCUT2D eigenvalue weighted by Gasteiger charge is 2.29. The standard InChI is InChI=1S/C15H28N4O4.C7H8/c1-6-7-8-21-10(2)12(13-19-18-11(9-16)22-13)17-14(20)23-15(3,4)5;1-7-5-3-2-4-6-7/h10,12H,6-9,16H2,1-5H3,(H,17,20);2-6H,1H3. The molecule has 0 radical (unpaired) electrons. The van der Waals surface area contributed by atoms with Gasteiger partial charge < -0.3 is 24.9 Å². The molecule has 0 saturated heterocycles. The summed E-state index contributed by atoms with van der Waals surface area (Å²) >= 11 is 0. The van der Waals surface area contributed by atoms with Crippen LogP contribution in [0.25, 0.3) is 0 Å². The average molecular weight is 421 g/mol.